The van der Waals surface area contributed by atoms with E-state index in [2.05, 4.69) is 17.6 Å². The zero-order chi connectivity index (χ0) is 21.2. The summed E-state index contributed by atoms with van der Waals surface area (Å²) in [5.74, 6) is 0.864. The number of hydrogen-bond donors (Lipinski definition) is 2. The van der Waals surface area contributed by atoms with Crippen LogP contribution >= 0.6 is 0 Å². The number of rotatable bonds is 10. The number of unbranched alkanes of at least 4 members (excludes halogenated alkanes) is 1. The lowest BCUT2D eigenvalue weighted by molar-refractivity contribution is -0.118. The molecule has 2 N–H and O–H groups in total. The van der Waals surface area contributed by atoms with Gasteiger partial charge < -0.3 is 24.2 Å². The fourth-order valence-corrected chi connectivity index (χ4v) is 2.58. The molecule has 0 aliphatic carbocycles. The smallest absolute Gasteiger partial charge is 0.268 e. The Morgan fingerprint density at radius 2 is 1.80 bits per heavy atom. The van der Waals surface area contributed by atoms with Crippen molar-refractivity contribution in [2.75, 3.05) is 6.61 Å². The van der Waals surface area contributed by atoms with Gasteiger partial charge in [-0.25, -0.2) is 0 Å². The molecule has 7 heteroatoms. The zero-order valence-electron chi connectivity index (χ0n) is 16.7. The van der Waals surface area contributed by atoms with Crippen LogP contribution in [0.2, 0.25) is 0 Å². The fourth-order valence-electron chi connectivity index (χ4n) is 2.58. The number of carbonyl (C=O) groups excluding carboxylic acids is 2. The summed E-state index contributed by atoms with van der Waals surface area (Å²) in [7, 11) is 0. The van der Waals surface area contributed by atoms with Gasteiger partial charge >= 0.3 is 0 Å². The molecule has 0 atom stereocenters. The van der Waals surface area contributed by atoms with Crippen LogP contribution in [-0.2, 0) is 11.3 Å². The van der Waals surface area contributed by atoms with Crippen molar-refractivity contribution in [3.8, 4) is 5.75 Å². The molecule has 2 amide bonds. The van der Waals surface area contributed by atoms with Crippen molar-refractivity contribution in [3.05, 3.63) is 83.8 Å². The number of amides is 2. The Morgan fingerprint density at radius 1 is 1.03 bits per heavy atom. The number of benzene rings is 1. The van der Waals surface area contributed by atoms with E-state index in [1.165, 1.54) is 18.6 Å². The van der Waals surface area contributed by atoms with E-state index in [1.54, 1.807) is 48.5 Å². The van der Waals surface area contributed by atoms with Gasteiger partial charge in [-0.2, -0.15) is 0 Å². The van der Waals surface area contributed by atoms with E-state index in [0.29, 0.717) is 29.4 Å². The Labute approximate surface area is 174 Å². The van der Waals surface area contributed by atoms with E-state index in [1.807, 2.05) is 0 Å². The van der Waals surface area contributed by atoms with E-state index in [9.17, 15) is 9.59 Å². The van der Waals surface area contributed by atoms with Crippen LogP contribution in [0.4, 0.5) is 0 Å². The molecule has 0 saturated carbocycles. The monoisotopic (exact) mass is 408 g/mol. The summed E-state index contributed by atoms with van der Waals surface area (Å²) in [6.45, 7) is 2.92. The summed E-state index contributed by atoms with van der Waals surface area (Å²) >= 11 is 0. The van der Waals surface area contributed by atoms with Gasteiger partial charge in [0.1, 0.15) is 23.0 Å². The van der Waals surface area contributed by atoms with Crippen LogP contribution in [0, 0.1) is 0 Å². The minimum Gasteiger partial charge on any atom is -0.494 e. The van der Waals surface area contributed by atoms with Crippen molar-refractivity contribution in [1.29, 1.82) is 0 Å². The molecule has 0 saturated heterocycles. The lowest BCUT2D eigenvalue weighted by Crippen LogP contribution is -2.34. The lowest BCUT2D eigenvalue weighted by atomic mass is 10.2. The number of nitrogens with one attached hydrogen (secondary N) is 2. The van der Waals surface area contributed by atoms with Crippen LogP contribution in [0.25, 0.3) is 6.08 Å². The third kappa shape index (κ3) is 6.13. The molecule has 30 heavy (non-hydrogen) atoms. The largest absolute Gasteiger partial charge is 0.494 e. The Kier molecular flexibility index (Phi) is 7.49. The molecule has 0 radical (unpaired) electrons. The molecule has 0 spiro atoms. The highest BCUT2D eigenvalue weighted by Crippen LogP contribution is 2.14. The Bertz CT molecular complexity index is 958. The molecule has 3 aromatic rings. The maximum absolute atomic E-state index is 12.7. The topological polar surface area (TPSA) is 93.7 Å². The maximum Gasteiger partial charge on any atom is 0.268 e. The van der Waals surface area contributed by atoms with Crippen molar-refractivity contribution in [3.63, 3.8) is 0 Å². The average Bonchev–Trinajstić information content (AvgIpc) is 3.46. The van der Waals surface area contributed by atoms with Crippen LogP contribution in [-0.4, -0.2) is 18.4 Å². The minimum atomic E-state index is -0.462. The Morgan fingerprint density at radius 3 is 2.47 bits per heavy atom. The molecule has 0 aliphatic rings. The molecule has 1 aromatic carbocycles. The lowest BCUT2D eigenvalue weighted by Gasteiger charge is -2.11. The van der Waals surface area contributed by atoms with Crippen molar-refractivity contribution in [2.45, 2.75) is 26.3 Å². The number of ether oxygens (including phenoxy) is 1. The van der Waals surface area contributed by atoms with Crippen molar-refractivity contribution in [1.82, 2.24) is 10.6 Å². The predicted molar refractivity (Wildman–Crippen MR) is 112 cm³/mol. The molecule has 0 bridgehead atoms. The molecule has 156 valence electrons. The highest BCUT2D eigenvalue weighted by molar-refractivity contribution is 6.05. The standard InChI is InChI=1S/C23H24N2O5/c1-2-3-12-28-18-10-8-17(9-11-18)22(26)25-21(15-19-6-4-13-29-19)23(27)24-16-20-7-5-14-30-20/h4-11,13-15H,2-3,12,16H2,1H3,(H,24,27)(H,25,26). The summed E-state index contributed by atoms with van der Waals surface area (Å²) in [6, 6.07) is 13.6. The summed E-state index contributed by atoms with van der Waals surface area (Å²) in [6.07, 6.45) is 6.50. The maximum atomic E-state index is 12.7. The zero-order valence-corrected chi connectivity index (χ0v) is 16.7. The fraction of sp³-hybridized carbons (Fsp3) is 0.217. The Balaban J connectivity index is 1.67. The molecule has 0 aliphatic heterocycles. The molecule has 3 rings (SSSR count). The third-order valence-electron chi connectivity index (χ3n) is 4.21. The molecule has 0 unspecified atom stereocenters. The van der Waals surface area contributed by atoms with Gasteiger partial charge in [0.25, 0.3) is 11.8 Å². The van der Waals surface area contributed by atoms with Crippen molar-refractivity contribution in [2.24, 2.45) is 0 Å². The highest BCUT2D eigenvalue weighted by atomic mass is 16.5. The second kappa shape index (κ2) is 10.7. The van der Waals surface area contributed by atoms with Crippen molar-refractivity contribution >= 4 is 17.9 Å². The van der Waals surface area contributed by atoms with Gasteiger partial charge in [-0.15, -0.1) is 0 Å². The molecular weight excluding hydrogens is 384 g/mol. The number of carbonyl (C=O) groups is 2. The van der Waals surface area contributed by atoms with Crippen LogP contribution in [0.5, 0.6) is 5.75 Å². The SMILES string of the molecule is CCCCOc1ccc(C(=O)NC(=Cc2ccco2)C(=O)NCc2ccco2)cc1. The second-order valence-corrected chi connectivity index (χ2v) is 6.52. The van der Waals surface area contributed by atoms with Gasteiger partial charge in [-0.3, -0.25) is 9.59 Å². The minimum absolute atomic E-state index is 0.0600. The van der Waals surface area contributed by atoms with Crippen LogP contribution < -0.4 is 15.4 Å². The van der Waals surface area contributed by atoms with Gasteiger partial charge in [0, 0.05) is 11.6 Å². The first-order chi connectivity index (χ1) is 14.7. The summed E-state index contributed by atoms with van der Waals surface area (Å²) in [4.78, 5) is 25.3. The average molecular weight is 408 g/mol. The normalized spacial score (nSPS) is 11.2. The predicted octanol–water partition coefficient (Wildman–Crippen LogP) is 4.14. The quantitative estimate of drug-likeness (QED) is 0.388. The highest BCUT2D eigenvalue weighted by Gasteiger charge is 2.16. The Hall–Kier alpha value is -3.74. The molecule has 2 aromatic heterocycles. The summed E-state index contributed by atoms with van der Waals surface area (Å²) < 4.78 is 16.1. The first-order valence-electron chi connectivity index (χ1n) is 9.75. The van der Waals surface area contributed by atoms with Gasteiger partial charge in [0.15, 0.2) is 0 Å². The van der Waals surface area contributed by atoms with E-state index in [0.717, 1.165) is 12.8 Å². The molecular formula is C23H24N2O5. The molecule has 0 fully saturated rings. The number of furan rings is 2. The third-order valence-corrected chi connectivity index (χ3v) is 4.21. The van der Waals surface area contributed by atoms with Crippen molar-refractivity contribution < 1.29 is 23.2 Å². The van der Waals surface area contributed by atoms with Gasteiger partial charge in [0.2, 0.25) is 0 Å². The van der Waals surface area contributed by atoms with Crippen LogP contribution in [0.1, 0.15) is 41.6 Å². The second-order valence-electron chi connectivity index (χ2n) is 6.52. The molecule has 7 nitrogen and oxygen atoms in total. The van der Waals surface area contributed by atoms with Gasteiger partial charge in [0.05, 0.1) is 25.7 Å². The first kappa shape index (κ1) is 21.0. The summed E-state index contributed by atoms with van der Waals surface area (Å²) in [5, 5.41) is 5.37. The van der Waals surface area contributed by atoms with Gasteiger partial charge in [-0.05, 0) is 55.0 Å². The van der Waals surface area contributed by atoms with E-state index < -0.39 is 11.8 Å². The van der Waals surface area contributed by atoms with Crippen LogP contribution in [0.3, 0.4) is 0 Å². The van der Waals surface area contributed by atoms with E-state index >= 15 is 0 Å². The summed E-state index contributed by atoms with van der Waals surface area (Å²) in [5.41, 5.74) is 0.465. The van der Waals surface area contributed by atoms with E-state index in [-0.39, 0.29) is 12.2 Å². The van der Waals surface area contributed by atoms with E-state index in [4.69, 9.17) is 13.6 Å². The first-order valence-corrected chi connectivity index (χ1v) is 9.75. The number of hydrogen-bond acceptors (Lipinski definition) is 5. The molecule has 2 heterocycles. The van der Waals surface area contributed by atoms with Gasteiger partial charge in [-0.1, -0.05) is 13.3 Å². The van der Waals surface area contributed by atoms with Crippen LogP contribution in [0.15, 0.2) is 75.6 Å².